The van der Waals surface area contributed by atoms with Crippen LogP contribution in [0.15, 0.2) is 41.2 Å². The van der Waals surface area contributed by atoms with E-state index in [2.05, 4.69) is 17.5 Å². The molecule has 3 N–H and O–H groups in total. The number of nitriles is 1. The van der Waals surface area contributed by atoms with E-state index in [1.165, 1.54) is 10.5 Å². The largest absolute Gasteiger partial charge is 0.332 e. The number of pyridine rings is 1. The van der Waals surface area contributed by atoms with Crippen LogP contribution < -0.4 is 20.7 Å². The third-order valence-corrected chi connectivity index (χ3v) is 6.10. The second-order valence-corrected chi connectivity index (χ2v) is 8.97. The molecule has 4 rings (SSSR count). The quantitative estimate of drug-likeness (QED) is 0.595. The summed E-state index contributed by atoms with van der Waals surface area (Å²) < 4.78 is 1.88. The van der Waals surface area contributed by atoms with Gasteiger partial charge in [-0.1, -0.05) is 12.1 Å². The molecule has 2 aliphatic rings. The Morgan fingerprint density at radius 1 is 1.30 bits per heavy atom. The summed E-state index contributed by atoms with van der Waals surface area (Å²) in [5, 5.41) is 11.9. The van der Waals surface area contributed by atoms with Gasteiger partial charge in [-0.25, -0.2) is 0 Å². The molecule has 2 aliphatic heterocycles. The molecule has 156 valence electrons. The molecule has 3 heterocycles. The van der Waals surface area contributed by atoms with E-state index in [0.29, 0.717) is 36.2 Å². The molecule has 1 amide bonds. The van der Waals surface area contributed by atoms with E-state index in [-0.39, 0.29) is 11.5 Å². The Labute approximate surface area is 176 Å². The lowest BCUT2D eigenvalue weighted by atomic mass is 9.83. The minimum absolute atomic E-state index is 0.0884. The average molecular weight is 408 g/mol. The van der Waals surface area contributed by atoms with E-state index in [0.717, 1.165) is 36.6 Å². The van der Waals surface area contributed by atoms with Gasteiger partial charge in [0.15, 0.2) is 6.54 Å². The maximum absolute atomic E-state index is 13.0. The third kappa shape index (κ3) is 4.30. The summed E-state index contributed by atoms with van der Waals surface area (Å²) in [5.74, 6) is 0.648. The number of hydrogen-bond donors (Lipinski definition) is 3. The Balaban J connectivity index is 1.51. The predicted molar refractivity (Wildman–Crippen MR) is 113 cm³/mol. The van der Waals surface area contributed by atoms with Gasteiger partial charge in [0, 0.05) is 29.6 Å². The first-order valence-corrected chi connectivity index (χ1v) is 10.6. The van der Waals surface area contributed by atoms with Gasteiger partial charge < -0.3 is 19.7 Å². The van der Waals surface area contributed by atoms with E-state index in [9.17, 15) is 9.59 Å². The van der Waals surface area contributed by atoms with Crippen LogP contribution in [0.2, 0.25) is 0 Å². The molecule has 0 aliphatic carbocycles. The topological polar surface area (TPSA) is 83.8 Å². The van der Waals surface area contributed by atoms with Crippen molar-refractivity contribution in [1.29, 1.82) is 5.26 Å². The summed E-state index contributed by atoms with van der Waals surface area (Å²) >= 11 is 0. The highest BCUT2D eigenvalue weighted by molar-refractivity contribution is 5.91. The first kappa shape index (κ1) is 20.3. The van der Waals surface area contributed by atoms with E-state index in [4.69, 9.17) is 5.26 Å². The molecule has 1 unspecified atom stereocenters. The van der Waals surface area contributed by atoms with Gasteiger partial charge in [-0.15, -0.1) is 0 Å². The molecule has 3 atom stereocenters. The Bertz CT molecular complexity index is 1050. The molecule has 0 radical (unpaired) electrons. The maximum Gasteiger partial charge on any atom is 0.279 e. The Hall–Kier alpha value is -2.95. The van der Waals surface area contributed by atoms with E-state index < -0.39 is 0 Å². The summed E-state index contributed by atoms with van der Waals surface area (Å²) in [5.41, 5.74) is 3.25. The average Bonchev–Trinajstić information content (AvgIpc) is 2.70. The van der Waals surface area contributed by atoms with Crippen molar-refractivity contribution in [2.75, 3.05) is 39.0 Å². The molecule has 1 saturated heterocycles. The van der Waals surface area contributed by atoms with Crippen molar-refractivity contribution in [3.63, 3.8) is 0 Å². The minimum atomic E-state index is -0.140. The van der Waals surface area contributed by atoms with Crippen LogP contribution in [-0.4, -0.2) is 44.2 Å². The predicted octanol–water partition coefficient (Wildman–Crippen LogP) is -0.995. The number of piperidine rings is 1. The molecular weight excluding hydrogens is 378 g/mol. The fourth-order valence-electron chi connectivity index (χ4n) is 4.96. The molecule has 1 fully saturated rings. The number of nitrogens with one attached hydrogen (secondary N) is 3. The highest BCUT2D eigenvalue weighted by Gasteiger charge is 2.37. The lowest BCUT2D eigenvalue weighted by molar-refractivity contribution is -0.924. The van der Waals surface area contributed by atoms with Crippen LogP contribution >= 0.6 is 0 Å². The first-order chi connectivity index (χ1) is 14.4. The smallest absolute Gasteiger partial charge is 0.279 e. The molecule has 2 bridgehead atoms. The third-order valence-electron chi connectivity index (χ3n) is 6.10. The van der Waals surface area contributed by atoms with Gasteiger partial charge in [0.25, 0.3) is 11.5 Å². The summed E-state index contributed by atoms with van der Waals surface area (Å²) in [6.45, 7) is 3.92. The molecular formula is C23H29N5O2+2. The number of likely N-dealkylation sites (tertiary alicyclic amines) is 1. The zero-order valence-corrected chi connectivity index (χ0v) is 17.6. The number of rotatable bonds is 5. The van der Waals surface area contributed by atoms with Crippen LogP contribution in [0.1, 0.15) is 29.2 Å². The number of anilines is 1. The zero-order chi connectivity index (χ0) is 21.3. The number of benzene rings is 1. The first-order valence-electron chi connectivity index (χ1n) is 10.6. The lowest BCUT2D eigenvalue weighted by Crippen LogP contribution is -3.13. The van der Waals surface area contributed by atoms with E-state index in [1.807, 2.05) is 42.9 Å². The van der Waals surface area contributed by atoms with Crippen molar-refractivity contribution in [2.24, 2.45) is 5.92 Å². The van der Waals surface area contributed by atoms with Gasteiger partial charge in [0.1, 0.15) is 12.2 Å². The highest BCUT2D eigenvalue weighted by atomic mass is 16.2. The number of carbonyl (C=O) groups excluding carboxylic acids is 1. The summed E-state index contributed by atoms with van der Waals surface area (Å²) in [7, 11) is 3.82. The van der Waals surface area contributed by atoms with Crippen molar-refractivity contribution in [1.82, 2.24) is 4.57 Å². The lowest BCUT2D eigenvalue weighted by Gasteiger charge is -2.40. The SMILES string of the molecule is C[NH+](C)CC(=O)Nc1ccc2n(c1=O)C[C@H]1C[C@@H]2C[NH+](Cc2cccc(C#N)c2)C1. The van der Waals surface area contributed by atoms with Crippen LogP contribution in [0.3, 0.4) is 0 Å². The molecule has 1 aromatic heterocycles. The summed E-state index contributed by atoms with van der Waals surface area (Å²) in [4.78, 5) is 27.6. The van der Waals surface area contributed by atoms with Crippen LogP contribution in [0.25, 0.3) is 0 Å². The van der Waals surface area contributed by atoms with Gasteiger partial charge in [-0.05, 0) is 30.7 Å². The number of nitrogens with zero attached hydrogens (tertiary/aromatic N) is 2. The van der Waals surface area contributed by atoms with E-state index in [1.54, 1.807) is 6.07 Å². The van der Waals surface area contributed by atoms with E-state index >= 15 is 0 Å². The van der Waals surface area contributed by atoms with Gasteiger partial charge in [-0.3, -0.25) is 9.59 Å². The Morgan fingerprint density at radius 2 is 2.13 bits per heavy atom. The minimum Gasteiger partial charge on any atom is -0.332 e. The fourth-order valence-corrected chi connectivity index (χ4v) is 4.96. The second-order valence-electron chi connectivity index (χ2n) is 8.97. The number of hydrogen-bond acceptors (Lipinski definition) is 3. The molecule has 7 nitrogen and oxygen atoms in total. The highest BCUT2D eigenvalue weighted by Crippen LogP contribution is 2.31. The number of likely N-dealkylation sites (N-methyl/N-ethyl adjacent to an activating group) is 1. The van der Waals surface area contributed by atoms with Gasteiger partial charge >= 0.3 is 0 Å². The van der Waals surface area contributed by atoms with Crippen molar-refractivity contribution in [3.05, 3.63) is 63.6 Å². The molecule has 30 heavy (non-hydrogen) atoms. The van der Waals surface area contributed by atoms with Crippen LogP contribution in [0.5, 0.6) is 0 Å². The Morgan fingerprint density at radius 3 is 2.90 bits per heavy atom. The maximum atomic E-state index is 13.0. The van der Waals surface area contributed by atoms with Gasteiger partial charge in [-0.2, -0.15) is 5.26 Å². The van der Waals surface area contributed by atoms with Crippen LogP contribution in [-0.2, 0) is 17.9 Å². The van der Waals surface area contributed by atoms with Crippen molar-refractivity contribution in [2.45, 2.75) is 25.4 Å². The molecule has 0 spiro atoms. The fraction of sp³-hybridized carbons (Fsp3) is 0.435. The number of quaternary nitrogens is 2. The van der Waals surface area contributed by atoms with Crippen LogP contribution in [0.4, 0.5) is 5.69 Å². The number of amides is 1. The summed E-state index contributed by atoms with van der Waals surface area (Å²) in [6, 6.07) is 13.8. The number of fused-ring (bicyclic) bond motifs is 4. The van der Waals surface area contributed by atoms with Gasteiger partial charge in [0.05, 0.1) is 38.8 Å². The second kappa shape index (κ2) is 8.42. The molecule has 7 heteroatoms. The normalized spacial score (nSPS) is 22.3. The molecule has 1 aromatic carbocycles. The monoisotopic (exact) mass is 407 g/mol. The number of aromatic nitrogens is 1. The molecule has 2 aromatic rings. The standard InChI is InChI=1S/C23H27N5O2/c1-26(2)15-22(29)25-20-6-7-21-19-9-18(13-28(21)23(20)30)12-27(14-19)11-17-5-3-4-16(8-17)10-24/h3-8,18-19H,9,11-15H2,1-2H3,(H,25,29)/p+2/t18-,19+/m0/s1. The van der Waals surface area contributed by atoms with Crippen molar-refractivity contribution < 1.29 is 14.6 Å². The number of carbonyl (C=O) groups is 1. The van der Waals surface area contributed by atoms with Gasteiger partial charge in [0.2, 0.25) is 0 Å². The van der Waals surface area contributed by atoms with Crippen LogP contribution in [0, 0.1) is 17.2 Å². The summed E-state index contributed by atoms with van der Waals surface area (Å²) in [6.07, 6.45) is 1.11. The zero-order valence-electron chi connectivity index (χ0n) is 17.6. The Kier molecular flexibility index (Phi) is 5.71. The molecule has 0 saturated carbocycles. The van der Waals surface area contributed by atoms with Crippen molar-refractivity contribution >= 4 is 11.6 Å². The van der Waals surface area contributed by atoms with Crippen molar-refractivity contribution in [3.8, 4) is 6.07 Å².